The molecular weight excluding hydrogens is 279 g/mol. The molecule has 0 saturated carbocycles. The summed E-state index contributed by atoms with van der Waals surface area (Å²) in [5.41, 5.74) is 1.09. The summed E-state index contributed by atoms with van der Waals surface area (Å²) in [6.45, 7) is 0. The second-order valence-corrected chi connectivity index (χ2v) is 4.59. The van der Waals surface area contributed by atoms with E-state index in [0.717, 1.165) is 10.8 Å². The Labute approximate surface area is 120 Å². The number of rotatable bonds is 2. The third-order valence-corrected chi connectivity index (χ3v) is 3.34. The Balaban J connectivity index is 2.36. The first kappa shape index (κ1) is 12.8. The fraction of sp³-hybridized carbons (Fsp3) is 0.0667. The standard InChI is InChI=1S/C15H10ClFN2O/c1-20-13-7-6-9(17)8-12(13)14-10-4-2-3-5-11(10)15(16)19-18-14/h2-8H,1H3. The topological polar surface area (TPSA) is 35.0 Å². The van der Waals surface area contributed by atoms with E-state index in [1.165, 1.54) is 19.2 Å². The SMILES string of the molecule is COc1ccc(F)cc1-c1nnc(Cl)c2ccccc12. The number of aromatic nitrogens is 2. The molecule has 2 aromatic carbocycles. The molecule has 0 bridgehead atoms. The van der Waals surface area contributed by atoms with Crippen LogP contribution < -0.4 is 4.74 Å². The molecule has 0 saturated heterocycles. The van der Waals surface area contributed by atoms with Gasteiger partial charge in [-0.15, -0.1) is 10.2 Å². The minimum absolute atomic E-state index is 0.319. The summed E-state index contributed by atoms with van der Waals surface area (Å²) in [4.78, 5) is 0. The molecule has 0 fully saturated rings. The number of hydrogen-bond donors (Lipinski definition) is 0. The molecule has 0 atom stereocenters. The molecule has 0 aliphatic heterocycles. The van der Waals surface area contributed by atoms with E-state index in [9.17, 15) is 4.39 Å². The van der Waals surface area contributed by atoms with Crippen molar-refractivity contribution < 1.29 is 9.13 Å². The number of benzene rings is 2. The van der Waals surface area contributed by atoms with Gasteiger partial charge in [0.05, 0.1) is 7.11 Å². The number of halogens is 2. The van der Waals surface area contributed by atoms with Crippen molar-refractivity contribution in [3.8, 4) is 17.0 Å². The van der Waals surface area contributed by atoms with Crippen LogP contribution in [0.15, 0.2) is 42.5 Å². The van der Waals surface area contributed by atoms with Crippen LogP contribution in [0.25, 0.3) is 22.0 Å². The minimum atomic E-state index is -0.360. The molecule has 0 N–H and O–H groups in total. The van der Waals surface area contributed by atoms with Gasteiger partial charge in [-0.25, -0.2) is 4.39 Å². The van der Waals surface area contributed by atoms with Gasteiger partial charge in [-0.2, -0.15) is 0 Å². The molecule has 0 aliphatic rings. The Bertz CT molecular complexity index is 792. The third-order valence-electron chi connectivity index (χ3n) is 3.06. The smallest absolute Gasteiger partial charge is 0.159 e. The molecular formula is C15H10ClFN2O. The lowest BCUT2D eigenvalue weighted by atomic mass is 10.0. The van der Waals surface area contributed by atoms with E-state index in [1.807, 2.05) is 24.3 Å². The summed E-state index contributed by atoms with van der Waals surface area (Å²) in [6.07, 6.45) is 0. The highest BCUT2D eigenvalue weighted by Crippen LogP contribution is 2.35. The highest BCUT2D eigenvalue weighted by molar-refractivity contribution is 6.34. The molecule has 1 aromatic heterocycles. The Kier molecular flexibility index (Phi) is 3.24. The van der Waals surface area contributed by atoms with Crippen LogP contribution in [-0.2, 0) is 0 Å². The van der Waals surface area contributed by atoms with Gasteiger partial charge in [-0.05, 0) is 18.2 Å². The minimum Gasteiger partial charge on any atom is -0.496 e. The van der Waals surface area contributed by atoms with Gasteiger partial charge in [-0.3, -0.25) is 0 Å². The van der Waals surface area contributed by atoms with Crippen molar-refractivity contribution in [2.45, 2.75) is 0 Å². The number of fused-ring (bicyclic) bond motifs is 1. The van der Waals surface area contributed by atoms with E-state index in [2.05, 4.69) is 10.2 Å². The van der Waals surface area contributed by atoms with Gasteiger partial charge in [0.2, 0.25) is 0 Å². The molecule has 0 aliphatic carbocycles. The van der Waals surface area contributed by atoms with Crippen LogP contribution in [0.5, 0.6) is 5.75 Å². The van der Waals surface area contributed by atoms with Crippen LogP contribution in [0.3, 0.4) is 0 Å². The zero-order valence-electron chi connectivity index (χ0n) is 10.6. The summed E-state index contributed by atoms with van der Waals surface area (Å²) in [7, 11) is 1.53. The largest absolute Gasteiger partial charge is 0.496 e. The Morgan fingerprint density at radius 3 is 2.55 bits per heavy atom. The van der Waals surface area contributed by atoms with Crippen LogP contribution in [0.2, 0.25) is 5.15 Å². The van der Waals surface area contributed by atoms with Crippen LogP contribution in [-0.4, -0.2) is 17.3 Å². The first-order valence-corrected chi connectivity index (χ1v) is 6.33. The van der Waals surface area contributed by atoms with Gasteiger partial charge < -0.3 is 4.74 Å². The first-order chi connectivity index (χ1) is 9.70. The van der Waals surface area contributed by atoms with E-state index in [0.29, 0.717) is 22.2 Å². The van der Waals surface area contributed by atoms with Gasteiger partial charge >= 0.3 is 0 Å². The molecule has 3 aromatic rings. The molecule has 3 nitrogen and oxygen atoms in total. The molecule has 0 spiro atoms. The summed E-state index contributed by atoms with van der Waals surface area (Å²) < 4.78 is 18.8. The molecule has 5 heteroatoms. The lowest BCUT2D eigenvalue weighted by molar-refractivity contribution is 0.415. The van der Waals surface area contributed by atoms with Gasteiger partial charge in [0.25, 0.3) is 0 Å². The maximum atomic E-state index is 13.5. The Morgan fingerprint density at radius 1 is 1.05 bits per heavy atom. The van der Waals surface area contributed by atoms with Gasteiger partial charge in [0, 0.05) is 16.3 Å². The predicted octanol–water partition coefficient (Wildman–Crippen LogP) is 4.10. The van der Waals surface area contributed by atoms with Crippen molar-refractivity contribution in [3.63, 3.8) is 0 Å². The van der Waals surface area contributed by atoms with E-state index < -0.39 is 0 Å². The second kappa shape index (κ2) is 5.06. The number of methoxy groups -OCH3 is 1. The van der Waals surface area contributed by atoms with Crippen molar-refractivity contribution in [2.75, 3.05) is 7.11 Å². The van der Waals surface area contributed by atoms with Crippen molar-refractivity contribution in [1.82, 2.24) is 10.2 Å². The van der Waals surface area contributed by atoms with Crippen molar-refractivity contribution in [1.29, 1.82) is 0 Å². The number of hydrogen-bond acceptors (Lipinski definition) is 3. The van der Waals surface area contributed by atoms with Crippen LogP contribution >= 0.6 is 11.6 Å². The second-order valence-electron chi connectivity index (χ2n) is 4.23. The first-order valence-electron chi connectivity index (χ1n) is 5.95. The van der Waals surface area contributed by atoms with Crippen LogP contribution in [0.1, 0.15) is 0 Å². The summed E-state index contributed by atoms with van der Waals surface area (Å²) in [5.74, 6) is 0.176. The van der Waals surface area contributed by atoms with E-state index in [-0.39, 0.29) is 5.82 Å². The Hall–Kier alpha value is -2.20. The molecule has 1 heterocycles. The highest BCUT2D eigenvalue weighted by atomic mass is 35.5. The molecule has 20 heavy (non-hydrogen) atoms. The monoisotopic (exact) mass is 288 g/mol. The van der Waals surface area contributed by atoms with E-state index >= 15 is 0 Å². The van der Waals surface area contributed by atoms with Gasteiger partial charge in [0.1, 0.15) is 17.3 Å². The maximum absolute atomic E-state index is 13.5. The fourth-order valence-corrected chi connectivity index (χ4v) is 2.34. The zero-order chi connectivity index (χ0) is 14.1. The van der Waals surface area contributed by atoms with E-state index in [1.54, 1.807) is 6.07 Å². The van der Waals surface area contributed by atoms with Crippen molar-refractivity contribution >= 4 is 22.4 Å². The van der Waals surface area contributed by atoms with Gasteiger partial charge in [-0.1, -0.05) is 35.9 Å². The van der Waals surface area contributed by atoms with Crippen LogP contribution in [0.4, 0.5) is 4.39 Å². The quantitative estimate of drug-likeness (QED) is 0.712. The number of nitrogens with zero attached hydrogens (tertiary/aromatic N) is 2. The lowest BCUT2D eigenvalue weighted by Gasteiger charge is -2.10. The normalized spacial score (nSPS) is 10.8. The lowest BCUT2D eigenvalue weighted by Crippen LogP contribution is -1.95. The molecule has 0 amide bonds. The van der Waals surface area contributed by atoms with Crippen molar-refractivity contribution in [3.05, 3.63) is 53.4 Å². The molecule has 100 valence electrons. The molecule has 3 rings (SSSR count). The summed E-state index contributed by atoms with van der Waals surface area (Å²) >= 11 is 6.04. The zero-order valence-corrected chi connectivity index (χ0v) is 11.4. The predicted molar refractivity (Wildman–Crippen MR) is 76.5 cm³/mol. The van der Waals surface area contributed by atoms with E-state index in [4.69, 9.17) is 16.3 Å². The average Bonchev–Trinajstić information content (AvgIpc) is 2.48. The summed E-state index contributed by atoms with van der Waals surface area (Å²) in [6, 6.07) is 11.7. The molecule has 0 unspecified atom stereocenters. The fourth-order valence-electron chi connectivity index (χ4n) is 2.14. The molecule has 0 radical (unpaired) electrons. The highest BCUT2D eigenvalue weighted by Gasteiger charge is 2.14. The average molecular weight is 289 g/mol. The summed E-state index contributed by atoms with van der Waals surface area (Å²) in [5, 5.41) is 9.91. The van der Waals surface area contributed by atoms with Crippen LogP contribution in [0, 0.1) is 5.82 Å². The van der Waals surface area contributed by atoms with Crippen molar-refractivity contribution in [2.24, 2.45) is 0 Å². The third kappa shape index (κ3) is 2.08. The maximum Gasteiger partial charge on any atom is 0.159 e. The van der Waals surface area contributed by atoms with Gasteiger partial charge in [0.15, 0.2) is 5.15 Å². The number of ether oxygens (including phenoxy) is 1. The Morgan fingerprint density at radius 2 is 1.80 bits per heavy atom.